The number of aliphatic hydroxyl groups excluding tert-OH is 1. The first-order chi connectivity index (χ1) is 5.13. The fourth-order valence-electron chi connectivity index (χ4n) is 1.72. The third kappa shape index (κ3) is 1.94. The minimum Gasteiger partial charge on any atom is -0.391 e. The molecule has 1 saturated heterocycles. The Labute approximate surface area is 69.0 Å². The quantitative estimate of drug-likeness (QED) is 0.623. The van der Waals surface area contributed by atoms with Gasteiger partial charge in [0.2, 0.25) is 0 Å². The average molecular weight is 157 g/mol. The average Bonchev–Trinajstić information content (AvgIpc) is 2.33. The minimum atomic E-state index is -0.118. The van der Waals surface area contributed by atoms with Crippen molar-refractivity contribution in [3.8, 4) is 0 Å². The monoisotopic (exact) mass is 157 g/mol. The van der Waals surface area contributed by atoms with E-state index in [1.807, 2.05) is 0 Å². The molecule has 1 aliphatic rings. The van der Waals surface area contributed by atoms with Crippen molar-refractivity contribution in [2.45, 2.75) is 26.9 Å². The van der Waals surface area contributed by atoms with Crippen molar-refractivity contribution in [3.05, 3.63) is 0 Å². The zero-order valence-corrected chi connectivity index (χ0v) is 7.67. The van der Waals surface area contributed by atoms with Crippen LogP contribution in [-0.2, 0) is 0 Å². The molecule has 0 bridgehead atoms. The summed E-state index contributed by atoms with van der Waals surface area (Å²) in [5.41, 5.74) is 0. The summed E-state index contributed by atoms with van der Waals surface area (Å²) >= 11 is 0. The number of aliphatic hydroxyl groups is 1. The summed E-state index contributed by atoms with van der Waals surface area (Å²) in [6.45, 7) is 8.43. The first-order valence-electron chi connectivity index (χ1n) is 4.51. The van der Waals surface area contributed by atoms with Gasteiger partial charge in [-0.1, -0.05) is 20.8 Å². The Morgan fingerprint density at radius 1 is 1.27 bits per heavy atom. The Bertz CT molecular complexity index is 125. The lowest BCUT2D eigenvalue weighted by molar-refractivity contribution is 0.102. The standard InChI is InChI=1S/C9H19NO/c1-6(2)7(3)8-4-10-5-9(8)11/h6-11H,4-5H2,1-3H3/t7?,8-,9+/m0/s1. The van der Waals surface area contributed by atoms with Gasteiger partial charge in [-0.2, -0.15) is 0 Å². The van der Waals surface area contributed by atoms with E-state index >= 15 is 0 Å². The highest BCUT2D eigenvalue weighted by Gasteiger charge is 2.30. The number of hydrogen-bond donors (Lipinski definition) is 2. The lowest BCUT2D eigenvalue weighted by atomic mass is 9.83. The number of nitrogens with one attached hydrogen (secondary N) is 1. The second-order valence-corrected chi connectivity index (χ2v) is 3.99. The van der Waals surface area contributed by atoms with Crippen LogP contribution in [0.4, 0.5) is 0 Å². The molecule has 0 radical (unpaired) electrons. The Hall–Kier alpha value is -0.0800. The molecular weight excluding hydrogens is 138 g/mol. The summed E-state index contributed by atoms with van der Waals surface area (Å²) in [5, 5.41) is 12.8. The summed E-state index contributed by atoms with van der Waals surface area (Å²) < 4.78 is 0. The van der Waals surface area contributed by atoms with E-state index in [1.54, 1.807) is 0 Å². The normalized spacial score (nSPS) is 34.6. The molecule has 11 heavy (non-hydrogen) atoms. The van der Waals surface area contributed by atoms with Crippen LogP contribution in [-0.4, -0.2) is 24.3 Å². The van der Waals surface area contributed by atoms with E-state index in [0.29, 0.717) is 17.8 Å². The zero-order chi connectivity index (χ0) is 8.43. The molecule has 2 nitrogen and oxygen atoms in total. The van der Waals surface area contributed by atoms with Crippen LogP contribution in [0.2, 0.25) is 0 Å². The third-order valence-corrected chi connectivity index (χ3v) is 2.95. The Morgan fingerprint density at radius 3 is 2.27 bits per heavy atom. The van der Waals surface area contributed by atoms with Crippen molar-refractivity contribution in [3.63, 3.8) is 0 Å². The highest BCUT2D eigenvalue weighted by atomic mass is 16.3. The lowest BCUT2D eigenvalue weighted by Gasteiger charge is -2.24. The molecule has 0 aliphatic carbocycles. The van der Waals surface area contributed by atoms with Crippen molar-refractivity contribution in [2.75, 3.05) is 13.1 Å². The van der Waals surface area contributed by atoms with Crippen molar-refractivity contribution in [1.29, 1.82) is 0 Å². The predicted molar refractivity (Wildman–Crippen MR) is 46.4 cm³/mol. The Balaban J connectivity index is 2.45. The van der Waals surface area contributed by atoms with Crippen LogP contribution in [0, 0.1) is 17.8 Å². The first-order valence-corrected chi connectivity index (χ1v) is 4.51. The van der Waals surface area contributed by atoms with Gasteiger partial charge in [0.1, 0.15) is 0 Å². The Kier molecular flexibility index (Phi) is 2.90. The highest BCUT2D eigenvalue weighted by molar-refractivity contribution is 4.84. The second kappa shape index (κ2) is 3.55. The second-order valence-electron chi connectivity index (χ2n) is 3.99. The van der Waals surface area contributed by atoms with Gasteiger partial charge in [-0.05, 0) is 11.8 Å². The summed E-state index contributed by atoms with van der Waals surface area (Å²) in [6.07, 6.45) is -0.118. The van der Waals surface area contributed by atoms with Gasteiger partial charge in [-0.25, -0.2) is 0 Å². The van der Waals surface area contributed by atoms with Crippen LogP contribution in [0.1, 0.15) is 20.8 Å². The van der Waals surface area contributed by atoms with Gasteiger partial charge < -0.3 is 10.4 Å². The van der Waals surface area contributed by atoms with Gasteiger partial charge >= 0.3 is 0 Å². The molecule has 0 aromatic rings. The summed E-state index contributed by atoms with van der Waals surface area (Å²) in [7, 11) is 0. The molecule has 0 aromatic heterocycles. The lowest BCUT2D eigenvalue weighted by Crippen LogP contribution is -2.27. The van der Waals surface area contributed by atoms with E-state index in [2.05, 4.69) is 26.1 Å². The fourth-order valence-corrected chi connectivity index (χ4v) is 1.72. The largest absolute Gasteiger partial charge is 0.391 e. The van der Waals surface area contributed by atoms with Crippen LogP contribution in [0.5, 0.6) is 0 Å². The molecule has 1 aliphatic heterocycles. The van der Waals surface area contributed by atoms with E-state index < -0.39 is 0 Å². The van der Waals surface area contributed by atoms with E-state index in [1.165, 1.54) is 0 Å². The van der Waals surface area contributed by atoms with Gasteiger partial charge in [-0.3, -0.25) is 0 Å². The fraction of sp³-hybridized carbons (Fsp3) is 1.00. The number of rotatable bonds is 2. The molecule has 66 valence electrons. The van der Waals surface area contributed by atoms with E-state index in [-0.39, 0.29) is 6.10 Å². The van der Waals surface area contributed by atoms with Crippen molar-refractivity contribution in [1.82, 2.24) is 5.32 Å². The van der Waals surface area contributed by atoms with Gasteiger partial charge in [0.05, 0.1) is 6.10 Å². The molecule has 2 N–H and O–H groups in total. The van der Waals surface area contributed by atoms with Crippen molar-refractivity contribution in [2.24, 2.45) is 17.8 Å². The van der Waals surface area contributed by atoms with Crippen LogP contribution < -0.4 is 5.32 Å². The molecular formula is C9H19NO. The minimum absolute atomic E-state index is 0.118. The first kappa shape index (κ1) is 9.01. The van der Waals surface area contributed by atoms with Gasteiger partial charge in [0, 0.05) is 19.0 Å². The maximum absolute atomic E-state index is 9.55. The van der Waals surface area contributed by atoms with Crippen LogP contribution in [0.15, 0.2) is 0 Å². The van der Waals surface area contributed by atoms with Crippen molar-refractivity contribution >= 4 is 0 Å². The number of β-amino-alcohol motifs (C(OH)–C–C–N with tert-alkyl or cyclic N) is 1. The van der Waals surface area contributed by atoms with Gasteiger partial charge in [0.25, 0.3) is 0 Å². The molecule has 0 aromatic carbocycles. The van der Waals surface area contributed by atoms with E-state index in [9.17, 15) is 5.11 Å². The molecule has 0 saturated carbocycles. The highest BCUT2D eigenvalue weighted by Crippen LogP contribution is 2.25. The molecule has 1 rings (SSSR count). The summed E-state index contributed by atoms with van der Waals surface area (Å²) in [5.74, 6) is 1.77. The zero-order valence-electron chi connectivity index (χ0n) is 7.67. The van der Waals surface area contributed by atoms with Crippen molar-refractivity contribution < 1.29 is 5.11 Å². The van der Waals surface area contributed by atoms with Crippen LogP contribution >= 0.6 is 0 Å². The predicted octanol–water partition coefficient (Wildman–Crippen LogP) is 0.859. The van der Waals surface area contributed by atoms with E-state index in [0.717, 1.165) is 13.1 Å². The smallest absolute Gasteiger partial charge is 0.0707 e. The molecule has 1 heterocycles. The third-order valence-electron chi connectivity index (χ3n) is 2.95. The van der Waals surface area contributed by atoms with Crippen LogP contribution in [0.25, 0.3) is 0 Å². The molecule has 0 spiro atoms. The maximum Gasteiger partial charge on any atom is 0.0707 e. The summed E-state index contributed by atoms with van der Waals surface area (Å²) in [4.78, 5) is 0. The topological polar surface area (TPSA) is 32.3 Å². The van der Waals surface area contributed by atoms with E-state index in [4.69, 9.17) is 0 Å². The van der Waals surface area contributed by atoms with Gasteiger partial charge in [-0.15, -0.1) is 0 Å². The summed E-state index contributed by atoms with van der Waals surface area (Å²) in [6, 6.07) is 0. The number of hydrogen-bond acceptors (Lipinski definition) is 2. The SMILES string of the molecule is CC(C)C(C)[C@@H]1CNC[C@H]1O. The molecule has 0 amide bonds. The Morgan fingerprint density at radius 2 is 1.91 bits per heavy atom. The molecule has 2 heteroatoms. The van der Waals surface area contributed by atoms with Crippen LogP contribution in [0.3, 0.4) is 0 Å². The molecule has 1 fully saturated rings. The molecule has 1 unspecified atom stereocenters. The molecule has 3 atom stereocenters. The van der Waals surface area contributed by atoms with Gasteiger partial charge in [0.15, 0.2) is 0 Å². The maximum atomic E-state index is 9.55.